The van der Waals surface area contributed by atoms with E-state index < -0.39 is 32.4 Å². The second kappa shape index (κ2) is 8.99. The van der Waals surface area contributed by atoms with Gasteiger partial charge in [0.25, 0.3) is 0 Å². The van der Waals surface area contributed by atoms with Crippen molar-refractivity contribution in [2.45, 2.75) is 29.7 Å². The molecule has 0 aromatic heterocycles. The summed E-state index contributed by atoms with van der Waals surface area (Å²) in [5, 5.41) is 0. The van der Waals surface area contributed by atoms with Crippen LogP contribution in [0, 0.1) is 0 Å². The first-order valence-electron chi connectivity index (χ1n) is 7.90. The van der Waals surface area contributed by atoms with Gasteiger partial charge in [-0.2, -0.15) is 21.6 Å². The van der Waals surface area contributed by atoms with E-state index in [0.29, 0.717) is 9.88 Å². The van der Waals surface area contributed by atoms with Gasteiger partial charge in [-0.25, -0.2) is 8.42 Å². The smallest absolute Gasteiger partial charge is 0.491 e. The summed E-state index contributed by atoms with van der Waals surface area (Å²) in [6.07, 6.45) is 3.68. The average molecular weight is 451 g/mol. The van der Waals surface area contributed by atoms with Gasteiger partial charge in [0.1, 0.15) is 30.5 Å². The van der Waals surface area contributed by atoms with Gasteiger partial charge in [0.15, 0.2) is 4.90 Å². The molecule has 0 aliphatic carbocycles. The van der Waals surface area contributed by atoms with Crippen LogP contribution >= 0.6 is 0 Å². The minimum absolute atomic E-state index is 0.231. The van der Waals surface area contributed by atoms with Crippen LogP contribution in [-0.4, -0.2) is 47.1 Å². The van der Waals surface area contributed by atoms with E-state index in [-0.39, 0.29) is 17.5 Å². The summed E-state index contributed by atoms with van der Waals surface area (Å²) < 4.78 is 90.3. The fourth-order valence-corrected chi connectivity index (χ4v) is 6.54. The molecule has 0 spiro atoms. The highest BCUT2D eigenvalue weighted by atomic mass is 32.3. The summed E-state index contributed by atoms with van der Waals surface area (Å²) in [5.74, 6) is 2.77. The Morgan fingerprint density at radius 2 is 1.56 bits per heavy atom. The Balaban J connectivity index is 1.79. The Morgan fingerprint density at radius 3 is 2.11 bits per heavy atom. The van der Waals surface area contributed by atoms with Gasteiger partial charge in [0, 0.05) is 10.9 Å². The van der Waals surface area contributed by atoms with Gasteiger partial charge in [-0.05, 0) is 43.5 Å². The van der Waals surface area contributed by atoms with Crippen LogP contribution in [0.25, 0.3) is 0 Å². The van der Waals surface area contributed by atoms with E-state index in [4.69, 9.17) is 4.74 Å². The highest BCUT2D eigenvalue weighted by molar-refractivity contribution is 8.03. The summed E-state index contributed by atoms with van der Waals surface area (Å²) >= 11 is 0. The topological polar surface area (TPSA) is 98.8 Å². The van der Waals surface area contributed by atoms with Crippen LogP contribution in [0.3, 0.4) is 0 Å². The fraction of sp³-hybridized carbons (Fsp3) is 0.571. The van der Waals surface area contributed by atoms with Crippen molar-refractivity contribution in [2.75, 3.05) is 24.7 Å². The molecular formula is C14H19F3NO6S3+. The number of ether oxygens (including phenoxy) is 1. The molecule has 7 nitrogen and oxygen atoms in total. The maximum Gasteiger partial charge on any atom is 0.512 e. The lowest BCUT2D eigenvalue weighted by molar-refractivity contribution is -0.0442. The van der Waals surface area contributed by atoms with Gasteiger partial charge in [0.2, 0.25) is 0 Å². The molecule has 0 atom stereocenters. The number of sulfonamides is 1. The number of benzene rings is 1. The molecule has 0 bridgehead atoms. The Kier molecular flexibility index (Phi) is 7.41. The van der Waals surface area contributed by atoms with Gasteiger partial charge in [-0.1, -0.05) is 4.13 Å². The molecule has 1 aliphatic heterocycles. The van der Waals surface area contributed by atoms with E-state index >= 15 is 0 Å². The molecule has 13 heteroatoms. The molecule has 0 amide bonds. The molecule has 154 valence electrons. The predicted molar refractivity (Wildman–Crippen MR) is 94.1 cm³/mol. The van der Waals surface area contributed by atoms with Crippen molar-refractivity contribution < 1.29 is 38.9 Å². The molecule has 1 aromatic rings. The second-order valence-electron chi connectivity index (χ2n) is 5.59. The SMILES string of the molecule is O=S(=O)(NS(=O)(=O)C(F)(F)F)OCCOc1ccc([S+]2CCCCC2)cc1. The monoisotopic (exact) mass is 450 g/mol. The van der Waals surface area contributed by atoms with Crippen molar-refractivity contribution >= 4 is 31.2 Å². The molecule has 1 heterocycles. The summed E-state index contributed by atoms with van der Waals surface area (Å²) in [5.41, 5.74) is -5.76. The van der Waals surface area contributed by atoms with Crippen molar-refractivity contribution in [3.8, 4) is 5.75 Å². The van der Waals surface area contributed by atoms with E-state index in [1.54, 1.807) is 12.1 Å². The maximum atomic E-state index is 12.1. The van der Waals surface area contributed by atoms with Gasteiger partial charge in [-0.15, -0.1) is 0 Å². The van der Waals surface area contributed by atoms with Crippen LogP contribution in [0.5, 0.6) is 5.75 Å². The summed E-state index contributed by atoms with van der Waals surface area (Å²) in [6, 6.07) is 7.30. The molecule has 27 heavy (non-hydrogen) atoms. The summed E-state index contributed by atoms with van der Waals surface area (Å²) in [7, 11) is -11.0. The van der Waals surface area contributed by atoms with Crippen LogP contribution in [0.4, 0.5) is 13.2 Å². The zero-order valence-electron chi connectivity index (χ0n) is 14.1. The largest absolute Gasteiger partial charge is 0.512 e. The van der Waals surface area contributed by atoms with Crippen LogP contribution < -0.4 is 8.86 Å². The molecule has 1 aromatic carbocycles. The summed E-state index contributed by atoms with van der Waals surface area (Å²) in [4.78, 5) is 1.22. The number of rotatable bonds is 8. The van der Waals surface area contributed by atoms with E-state index in [1.807, 2.05) is 12.1 Å². The molecule has 1 N–H and O–H groups in total. The molecule has 1 saturated heterocycles. The van der Waals surface area contributed by atoms with Crippen molar-refractivity contribution in [2.24, 2.45) is 0 Å². The van der Waals surface area contributed by atoms with Crippen LogP contribution in [0.1, 0.15) is 19.3 Å². The molecule has 2 rings (SSSR count). The number of hydrogen-bond donors (Lipinski definition) is 1. The highest BCUT2D eigenvalue weighted by Gasteiger charge is 2.48. The molecule has 0 radical (unpaired) electrons. The fourth-order valence-electron chi connectivity index (χ4n) is 2.30. The van der Waals surface area contributed by atoms with Gasteiger partial charge in [-0.3, -0.25) is 4.18 Å². The number of nitrogens with one attached hydrogen (secondary N) is 1. The molecule has 1 aliphatic rings. The number of halogens is 3. The Bertz CT molecular complexity index is 819. The highest BCUT2D eigenvalue weighted by Crippen LogP contribution is 2.24. The standard InChI is InChI=1S/C14H19F3NO6S3/c15-14(16,17)26(19,20)18-27(21,22)24-9-8-23-12-4-6-13(7-5-12)25-10-2-1-3-11-25/h4-7,18H,1-3,8-11H2/q+1. The first-order chi connectivity index (χ1) is 12.5. The maximum absolute atomic E-state index is 12.1. The number of alkyl halides is 3. The Hall–Kier alpha value is -1.02. The van der Waals surface area contributed by atoms with Crippen LogP contribution in [0.2, 0.25) is 0 Å². The first-order valence-corrected chi connectivity index (χ1v) is 12.4. The van der Waals surface area contributed by atoms with Gasteiger partial charge in [0.05, 0.1) is 0 Å². The molecular weight excluding hydrogens is 431 g/mol. The average Bonchev–Trinajstić information content (AvgIpc) is 2.58. The third kappa shape index (κ3) is 6.82. The van der Waals surface area contributed by atoms with Crippen molar-refractivity contribution in [1.82, 2.24) is 4.13 Å². The minimum Gasteiger partial charge on any atom is -0.491 e. The van der Waals surface area contributed by atoms with E-state index in [2.05, 4.69) is 4.18 Å². The first kappa shape index (κ1) is 22.3. The zero-order valence-corrected chi connectivity index (χ0v) is 16.5. The van der Waals surface area contributed by atoms with Gasteiger partial charge < -0.3 is 4.74 Å². The van der Waals surface area contributed by atoms with Crippen molar-refractivity contribution in [1.29, 1.82) is 0 Å². The normalized spacial score (nSPS) is 17.0. The quantitative estimate of drug-likeness (QED) is 0.480. The lowest BCUT2D eigenvalue weighted by atomic mass is 10.3. The molecule has 0 unspecified atom stereocenters. The molecule has 0 saturated carbocycles. The third-order valence-corrected chi connectivity index (χ3v) is 8.83. The minimum atomic E-state index is -6.06. The molecule has 1 fully saturated rings. The van der Waals surface area contributed by atoms with Gasteiger partial charge >= 0.3 is 25.8 Å². The van der Waals surface area contributed by atoms with Crippen LogP contribution in [0.15, 0.2) is 29.2 Å². The number of hydrogen-bond acceptors (Lipinski definition) is 6. The zero-order chi connectivity index (χ0) is 20.1. The second-order valence-corrected chi connectivity index (χ2v) is 11.1. The lowest BCUT2D eigenvalue weighted by Crippen LogP contribution is -2.41. The summed E-state index contributed by atoms with van der Waals surface area (Å²) in [6.45, 7) is -0.952. The third-order valence-electron chi connectivity index (χ3n) is 3.55. The Morgan fingerprint density at radius 1 is 0.963 bits per heavy atom. The lowest BCUT2D eigenvalue weighted by Gasteiger charge is -2.13. The van der Waals surface area contributed by atoms with Crippen LogP contribution in [-0.2, 0) is 35.4 Å². The van der Waals surface area contributed by atoms with E-state index in [1.165, 1.54) is 35.7 Å². The van der Waals surface area contributed by atoms with E-state index in [9.17, 15) is 30.0 Å². The Labute approximate surface area is 158 Å². The van der Waals surface area contributed by atoms with Crippen molar-refractivity contribution in [3.05, 3.63) is 24.3 Å². The van der Waals surface area contributed by atoms with E-state index in [0.717, 1.165) is 0 Å². The predicted octanol–water partition coefficient (Wildman–Crippen LogP) is 1.93. The van der Waals surface area contributed by atoms with Crippen molar-refractivity contribution in [3.63, 3.8) is 0 Å².